The highest BCUT2D eigenvalue weighted by Gasteiger charge is 2.17. The van der Waals surface area contributed by atoms with Crippen molar-refractivity contribution in [1.82, 2.24) is 4.98 Å². The third-order valence-corrected chi connectivity index (χ3v) is 4.83. The number of anilines is 3. The van der Waals surface area contributed by atoms with Crippen molar-refractivity contribution in [3.63, 3.8) is 0 Å². The second kappa shape index (κ2) is 4.82. The van der Waals surface area contributed by atoms with Crippen LogP contribution in [0.4, 0.5) is 17.2 Å². The van der Waals surface area contributed by atoms with Gasteiger partial charge in [0.25, 0.3) is 0 Å². The van der Waals surface area contributed by atoms with Crippen LogP contribution in [0.2, 0.25) is 19.6 Å². The summed E-state index contributed by atoms with van der Waals surface area (Å²) in [7, 11) is -1.35. The molecule has 0 amide bonds. The molecule has 94 valence electrons. The number of aromatic nitrogens is 1. The van der Waals surface area contributed by atoms with Gasteiger partial charge in [-0.05, 0) is 23.4 Å². The van der Waals surface area contributed by atoms with E-state index >= 15 is 0 Å². The Morgan fingerprint density at radius 1 is 1.11 bits per heavy atom. The predicted octanol–water partition coefficient (Wildman–Crippen LogP) is 2.95. The van der Waals surface area contributed by atoms with Crippen LogP contribution in [0.1, 0.15) is 0 Å². The largest absolute Gasteiger partial charge is 0.396 e. The van der Waals surface area contributed by atoms with Gasteiger partial charge in [0.1, 0.15) is 0 Å². The Morgan fingerprint density at radius 2 is 1.78 bits per heavy atom. The molecule has 0 aliphatic carbocycles. The molecule has 0 aliphatic heterocycles. The molecule has 4 heteroatoms. The van der Waals surface area contributed by atoms with Crippen LogP contribution in [0.15, 0.2) is 42.6 Å². The Morgan fingerprint density at radius 3 is 2.33 bits per heavy atom. The molecular weight excluding hydrogens is 238 g/mol. The Labute approximate surface area is 109 Å². The smallest absolute Gasteiger partial charge is 0.153 e. The fraction of sp³-hybridized carbons (Fsp3) is 0.214. The molecule has 1 aromatic carbocycles. The molecule has 0 atom stereocenters. The Bertz CT molecular complexity index is 532. The van der Waals surface area contributed by atoms with Gasteiger partial charge in [0.15, 0.2) is 5.82 Å². The summed E-state index contributed by atoms with van der Waals surface area (Å²) in [4.78, 5) is 4.44. The summed E-state index contributed by atoms with van der Waals surface area (Å²) in [6.07, 6.45) is 1.94. The van der Waals surface area contributed by atoms with Crippen molar-refractivity contribution in [2.24, 2.45) is 0 Å². The van der Waals surface area contributed by atoms with E-state index in [4.69, 9.17) is 5.73 Å². The minimum Gasteiger partial charge on any atom is -0.396 e. The maximum absolute atomic E-state index is 6.06. The molecule has 3 N–H and O–H groups in total. The van der Waals surface area contributed by atoms with Gasteiger partial charge < -0.3 is 11.1 Å². The number of hydrogen-bond donors (Lipinski definition) is 2. The van der Waals surface area contributed by atoms with Gasteiger partial charge in [-0.2, -0.15) is 0 Å². The highest BCUT2D eigenvalue weighted by molar-refractivity contribution is 6.88. The summed E-state index contributed by atoms with van der Waals surface area (Å²) in [6, 6.07) is 12.0. The first-order chi connectivity index (χ1) is 8.47. The van der Waals surface area contributed by atoms with Crippen LogP contribution in [0, 0.1) is 0 Å². The van der Waals surface area contributed by atoms with Gasteiger partial charge in [-0.1, -0.05) is 37.8 Å². The maximum atomic E-state index is 6.06. The minimum atomic E-state index is -1.35. The molecule has 0 aliphatic rings. The number of nitrogens with two attached hydrogens (primary N) is 1. The monoisotopic (exact) mass is 257 g/mol. The number of nitrogens with one attached hydrogen (secondary N) is 1. The van der Waals surface area contributed by atoms with Gasteiger partial charge in [-0.15, -0.1) is 0 Å². The quantitative estimate of drug-likeness (QED) is 0.831. The number of nitrogen functional groups attached to an aromatic ring is 1. The fourth-order valence-electron chi connectivity index (χ4n) is 1.65. The number of pyridine rings is 1. The van der Waals surface area contributed by atoms with E-state index < -0.39 is 8.07 Å². The van der Waals surface area contributed by atoms with Crippen molar-refractivity contribution in [1.29, 1.82) is 0 Å². The summed E-state index contributed by atoms with van der Waals surface area (Å²) in [5.41, 5.74) is 7.77. The van der Waals surface area contributed by atoms with E-state index in [1.807, 2.05) is 42.6 Å². The van der Waals surface area contributed by atoms with Crippen LogP contribution < -0.4 is 16.2 Å². The van der Waals surface area contributed by atoms with Crippen LogP contribution >= 0.6 is 0 Å². The SMILES string of the molecule is C[Si](C)(C)c1cnc(Nc2ccccc2)c(N)c1. The summed E-state index contributed by atoms with van der Waals surface area (Å²) in [5.74, 6) is 0.725. The number of nitrogens with zero attached hydrogens (tertiary/aromatic N) is 1. The first-order valence-corrected chi connectivity index (χ1v) is 9.55. The molecule has 0 radical (unpaired) electrons. The number of rotatable bonds is 3. The average Bonchev–Trinajstić information content (AvgIpc) is 2.32. The number of hydrogen-bond acceptors (Lipinski definition) is 3. The third kappa shape index (κ3) is 2.90. The fourth-order valence-corrected chi connectivity index (χ4v) is 2.69. The van der Waals surface area contributed by atoms with Crippen LogP contribution in [0.25, 0.3) is 0 Å². The summed E-state index contributed by atoms with van der Waals surface area (Å²) in [6.45, 7) is 6.86. The van der Waals surface area contributed by atoms with Gasteiger partial charge in [-0.25, -0.2) is 4.98 Å². The second-order valence-corrected chi connectivity index (χ2v) is 10.5. The summed E-state index contributed by atoms with van der Waals surface area (Å²) >= 11 is 0. The van der Waals surface area contributed by atoms with E-state index in [0.717, 1.165) is 11.5 Å². The van der Waals surface area contributed by atoms with E-state index in [-0.39, 0.29) is 0 Å². The molecule has 1 aromatic heterocycles. The topological polar surface area (TPSA) is 50.9 Å². The predicted molar refractivity (Wildman–Crippen MR) is 81.4 cm³/mol. The molecule has 18 heavy (non-hydrogen) atoms. The lowest BCUT2D eigenvalue weighted by atomic mass is 10.3. The first-order valence-electron chi connectivity index (χ1n) is 6.05. The highest BCUT2D eigenvalue weighted by Crippen LogP contribution is 2.19. The van der Waals surface area contributed by atoms with Crippen LogP contribution in [-0.4, -0.2) is 13.1 Å². The van der Waals surface area contributed by atoms with Crippen LogP contribution in [0.5, 0.6) is 0 Å². The van der Waals surface area contributed by atoms with Crippen LogP contribution in [-0.2, 0) is 0 Å². The standard InChI is InChI=1S/C14H19N3Si/c1-18(2,3)12-9-13(15)14(16-10-12)17-11-7-5-4-6-8-11/h4-10H,15H2,1-3H3,(H,16,17). The molecule has 2 aromatic rings. The second-order valence-electron chi connectivity index (χ2n) is 5.40. The van der Waals surface area contributed by atoms with Crippen molar-refractivity contribution in [2.75, 3.05) is 11.1 Å². The van der Waals surface area contributed by atoms with E-state index in [1.54, 1.807) is 0 Å². The van der Waals surface area contributed by atoms with Crippen molar-refractivity contribution in [3.05, 3.63) is 42.6 Å². The normalized spacial score (nSPS) is 11.3. The minimum absolute atomic E-state index is 0.707. The summed E-state index contributed by atoms with van der Waals surface area (Å²) < 4.78 is 0. The van der Waals surface area contributed by atoms with Crippen LogP contribution in [0.3, 0.4) is 0 Å². The van der Waals surface area contributed by atoms with Crippen molar-refractivity contribution in [2.45, 2.75) is 19.6 Å². The zero-order chi connectivity index (χ0) is 13.2. The Kier molecular flexibility index (Phi) is 3.38. The van der Waals surface area contributed by atoms with Crippen molar-refractivity contribution < 1.29 is 0 Å². The van der Waals surface area contributed by atoms with Gasteiger partial charge in [0.05, 0.1) is 13.8 Å². The molecule has 2 rings (SSSR count). The maximum Gasteiger partial charge on any atom is 0.153 e. The number of benzene rings is 1. The Balaban J connectivity index is 2.26. The van der Waals surface area contributed by atoms with E-state index in [1.165, 1.54) is 5.19 Å². The van der Waals surface area contributed by atoms with Crippen molar-refractivity contribution in [3.8, 4) is 0 Å². The zero-order valence-corrected chi connectivity index (χ0v) is 12.1. The van der Waals surface area contributed by atoms with E-state index in [2.05, 4.69) is 29.9 Å². The lowest BCUT2D eigenvalue weighted by Crippen LogP contribution is -2.38. The van der Waals surface area contributed by atoms with Gasteiger partial charge >= 0.3 is 0 Å². The Hall–Kier alpha value is -1.81. The molecule has 3 nitrogen and oxygen atoms in total. The van der Waals surface area contributed by atoms with E-state index in [0.29, 0.717) is 5.69 Å². The highest BCUT2D eigenvalue weighted by atomic mass is 28.3. The zero-order valence-electron chi connectivity index (χ0n) is 11.1. The van der Waals surface area contributed by atoms with E-state index in [9.17, 15) is 0 Å². The molecule has 0 saturated carbocycles. The lowest BCUT2D eigenvalue weighted by molar-refractivity contribution is 1.32. The van der Waals surface area contributed by atoms with Crippen molar-refractivity contribution >= 4 is 30.5 Å². The molecular formula is C14H19N3Si. The average molecular weight is 257 g/mol. The van der Waals surface area contributed by atoms with Gasteiger partial charge in [0.2, 0.25) is 0 Å². The molecule has 0 fully saturated rings. The molecule has 0 saturated heterocycles. The molecule has 0 bridgehead atoms. The lowest BCUT2D eigenvalue weighted by Gasteiger charge is -2.18. The van der Waals surface area contributed by atoms with Gasteiger partial charge in [0, 0.05) is 11.9 Å². The molecule has 1 heterocycles. The summed E-state index contributed by atoms with van der Waals surface area (Å²) in [5, 5.41) is 4.51. The van der Waals surface area contributed by atoms with Gasteiger partial charge in [-0.3, -0.25) is 0 Å². The molecule has 0 unspecified atom stereocenters. The number of para-hydroxylation sites is 1. The third-order valence-electron chi connectivity index (χ3n) is 2.82. The molecule has 0 spiro atoms. The first kappa shape index (κ1) is 12.6.